The van der Waals surface area contributed by atoms with Gasteiger partial charge in [-0.05, 0) is 29.5 Å². The summed E-state index contributed by atoms with van der Waals surface area (Å²) >= 11 is 0. The van der Waals surface area contributed by atoms with E-state index in [9.17, 15) is 4.79 Å². The molecular weight excluding hydrogens is 276 g/mol. The number of carbonyl (C=O) groups is 1. The lowest BCUT2D eigenvalue weighted by atomic mass is 9.92. The van der Waals surface area contributed by atoms with Gasteiger partial charge in [-0.25, -0.2) is 4.79 Å². The highest BCUT2D eigenvalue weighted by Gasteiger charge is 2.39. The molecule has 0 saturated carbocycles. The van der Waals surface area contributed by atoms with E-state index in [1.165, 1.54) is 5.56 Å². The summed E-state index contributed by atoms with van der Waals surface area (Å²) < 4.78 is 5.33. The zero-order chi connectivity index (χ0) is 15.4. The van der Waals surface area contributed by atoms with E-state index in [0.29, 0.717) is 6.54 Å². The summed E-state index contributed by atoms with van der Waals surface area (Å²) in [5.74, 6) is 0. The van der Waals surface area contributed by atoms with Crippen LogP contribution in [0.4, 0.5) is 4.79 Å². The molecule has 3 N–H and O–H groups in total. The average Bonchev–Trinajstić information content (AvgIpc) is 2.93. The Morgan fingerprint density at radius 3 is 2.64 bits per heavy atom. The van der Waals surface area contributed by atoms with Gasteiger partial charge in [0.05, 0.1) is 5.54 Å². The van der Waals surface area contributed by atoms with E-state index >= 15 is 0 Å². The molecule has 1 aliphatic carbocycles. The molecule has 114 valence electrons. The molecule has 4 heteroatoms. The minimum absolute atomic E-state index is 0.259. The van der Waals surface area contributed by atoms with E-state index < -0.39 is 11.6 Å². The molecule has 1 aliphatic rings. The zero-order valence-corrected chi connectivity index (χ0v) is 12.4. The van der Waals surface area contributed by atoms with Crippen LogP contribution in [0, 0.1) is 0 Å². The van der Waals surface area contributed by atoms with Crippen LogP contribution in [0.25, 0.3) is 0 Å². The lowest BCUT2D eigenvalue weighted by Crippen LogP contribution is -2.49. The van der Waals surface area contributed by atoms with Gasteiger partial charge >= 0.3 is 6.09 Å². The fourth-order valence-corrected chi connectivity index (χ4v) is 3.04. The molecule has 0 saturated heterocycles. The first-order valence-electron chi connectivity index (χ1n) is 7.51. The number of hydrogen-bond donors (Lipinski definition) is 2. The normalized spacial score (nSPS) is 19.5. The Morgan fingerprint density at radius 1 is 1.14 bits per heavy atom. The van der Waals surface area contributed by atoms with Crippen LogP contribution >= 0.6 is 0 Å². The molecular formula is C18H20N2O2. The number of rotatable bonds is 4. The number of alkyl carbamates (subject to hydrolysis) is 1. The van der Waals surface area contributed by atoms with Crippen LogP contribution < -0.4 is 11.1 Å². The summed E-state index contributed by atoms with van der Waals surface area (Å²) in [5, 5.41) is 2.98. The highest BCUT2D eigenvalue weighted by Crippen LogP contribution is 2.36. The lowest BCUT2D eigenvalue weighted by Gasteiger charge is -2.29. The summed E-state index contributed by atoms with van der Waals surface area (Å²) in [6, 6.07) is 17.7. The number of nitrogens with two attached hydrogens (primary N) is 1. The number of ether oxygens (including phenoxy) is 1. The van der Waals surface area contributed by atoms with E-state index in [1.54, 1.807) is 0 Å². The maximum Gasteiger partial charge on any atom is 0.408 e. The largest absolute Gasteiger partial charge is 0.445 e. The first-order valence-corrected chi connectivity index (χ1v) is 7.51. The number of aryl methyl sites for hydroxylation is 1. The molecule has 2 aromatic carbocycles. The SMILES string of the molecule is NC[C@@]1(NC(=O)OCc2ccccc2)CCc2ccccc21. The Labute approximate surface area is 130 Å². The van der Waals surface area contributed by atoms with Crippen molar-refractivity contribution in [3.05, 3.63) is 71.3 Å². The van der Waals surface area contributed by atoms with Crippen molar-refractivity contribution < 1.29 is 9.53 Å². The maximum atomic E-state index is 12.2. The van der Waals surface area contributed by atoms with Gasteiger partial charge in [-0.15, -0.1) is 0 Å². The third-order valence-corrected chi connectivity index (χ3v) is 4.26. The van der Waals surface area contributed by atoms with E-state index in [2.05, 4.69) is 11.4 Å². The van der Waals surface area contributed by atoms with Gasteiger partial charge in [0.2, 0.25) is 0 Å². The molecule has 1 amide bonds. The molecule has 0 radical (unpaired) electrons. The van der Waals surface area contributed by atoms with Gasteiger partial charge < -0.3 is 15.8 Å². The van der Waals surface area contributed by atoms with Crippen molar-refractivity contribution >= 4 is 6.09 Å². The van der Waals surface area contributed by atoms with Crippen molar-refractivity contribution in [2.45, 2.75) is 25.0 Å². The van der Waals surface area contributed by atoms with Crippen LogP contribution in [0.1, 0.15) is 23.1 Å². The van der Waals surface area contributed by atoms with Crippen LogP contribution in [0.3, 0.4) is 0 Å². The fourth-order valence-electron chi connectivity index (χ4n) is 3.04. The summed E-state index contributed by atoms with van der Waals surface area (Å²) in [6.07, 6.45) is 1.31. The number of benzene rings is 2. The van der Waals surface area contributed by atoms with Gasteiger partial charge in [-0.2, -0.15) is 0 Å². The van der Waals surface area contributed by atoms with Crippen molar-refractivity contribution in [3.8, 4) is 0 Å². The molecule has 0 spiro atoms. The Hall–Kier alpha value is -2.33. The lowest BCUT2D eigenvalue weighted by molar-refractivity contribution is 0.126. The zero-order valence-electron chi connectivity index (χ0n) is 12.4. The Balaban J connectivity index is 1.67. The van der Waals surface area contributed by atoms with Crippen LogP contribution in [0.5, 0.6) is 0 Å². The van der Waals surface area contributed by atoms with Gasteiger partial charge in [0, 0.05) is 6.54 Å². The summed E-state index contributed by atoms with van der Waals surface area (Å²) in [5.41, 5.74) is 8.78. The second-order valence-corrected chi connectivity index (χ2v) is 5.63. The molecule has 3 rings (SSSR count). The first kappa shape index (κ1) is 14.6. The molecule has 0 fully saturated rings. The smallest absolute Gasteiger partial charge is 0.408 e. The molecule has 4 nitrogen and oxygen atoms in total. The quantitative estimate of drug-likeness (QED) is 0.911. The number of carbonyl (C=O) groups excluding carboxylic acids is 1. The highest BCUT2D eigenvalue weighted by molar-refractivity contribution is 5.69. The van der Waals surface area contributed by atoms with Gasteiger partial charge in [-0.1, -0.05) is 54.6 Å². The molecule has 0 unspecified atom stereocenters. The first-order chi connectivity index (χ1) is 10.7. The number of amides is 1. The van der Waals surface area contributed by atoms with Crippen molar-refractivity contribution in [3.63, 3.8) is 0 Å². The summed E-state index contributed by atoms with van der Waals surface area (Å²) in [4.78, 5) is 12.2. The molecule has 1 atom stereocenters. The van der Waals surface area contributed by atoms with Crippen LogP contribution in [0.2, 0.25) is 0 Å². The molecule has 0 aliphatic heterocycles. The molecule has 0 bridgehead atoms. The number of hydrogen-bond acceptors (Lipinski definition) is 3. The van der Waals surface area contributed by atoms with Gasteiger partial charge in [0.1, 0.15) is 6.61 Å². The second-order valence-electron chi connectivity index (χ2n) is 5.63. The number of nitrogens with one attached hydrogen (secondary N) is 1. The average molecular weight is 296 g/mol. The Kier molecular flexibility index (Phi) is 4.11. The molecule has 0 heterocycles. The van der Waals surface area contributed by atoms with Crippen LogP contribution in [0.15, 0.2) is 54.6 Å². The third-order valence-electron chi connectivity index (χ3n) is 4.26. The monoisotopic (exact) mass is 296 g/mol. The minimum Gasteiger partial charge on any atom is -0.445 e. The Morgan fingerprint density at radius 2 is 1.86 bits per heavy atom. The summed E-state index contributed by atoms with van der Waals surface area (Å²) in [7, 11) is 0. The predicted octanol–water partition coefficient (Wildman–Crippen LogP) is 2.71. The highest BCUT2D eigenvalue weighted by atomic mass is 16.5. The standard InChI is InChI=1S/C18H20N2O2/c19-13-18(11-10-15-8-4-5-9-16(15)18)20-17(21)22-12-14-6-2-1-3-7-14/h1-9H,10-13,19H2,(H,20,21)/t18-/m0/s1. The number of fused-ring (bicyclic) bond motifs is 1. The van der Waals surface area contributed by atoms with E-state index in [1.807, 2.05) is 48.5 Å². The predicted molar refractivity (Wildman–Crippen MR) is 85.3 cm³/mol. The maximum absolute atomic E-state index is 12.2. The van der Waals surface area contributed by atoms with Crippen molar-refractivity contribution in [2.75, 3.05) is 6.54 Å². The van der Waals surface area contributed by atoms with Gasteiger partial charge in [0.15, 0.2) is 0 Å². The van der Waals surface area contributed by atoms with E-state index in [4.69, 9.17) is 10.5 Å². The molecule has 0 aromatic heterocycles. The third kappa shape index (κ3) is 2.83. The molecule has 2 aromatic rings. The Bertz CT molecular complexity index is 657. The van der Waals surface area contributed by atoms with Crippen molar-refractivity contribution in [2.24, 2.45) is 5.73 Å². The van der Waals surface area contributed by atoms with Crippen LogP contribution in [-0.4, -0.2) is 12.6 Å². The van der Waals surface area contributed by atoms with Crippen LogP contribution in [-0.2, 0) is 23.3 Å². The van der Waals surface area contributed by atoms with E-state index in [0.717, 1.165) is 24.0 Å². The fraction of sp³-hybridized carbons (Fsp3) is 0.278. The summed E-state index contributed by atoms with van der Waals surface area (Å²) in [6.45, 7) is 0.624. The van der Waals surface area contributed by atoms with Gasteiger partial charge in [-0.3, -0.25) is 0 Å². The van der Waals surface area contributed by atoms with E-state index in [-0.39, 0.29) is 6.61 Å². The topological polar surface area (TPSA) is 64.3 Å². The van der Waals surface area contributed by atoms with Crippen molar-refractivity contribution in [1.29, 1.82) is 0 Å². The second kappa shape index (κ2) is 6.20. The molecule has 22 heavy (non-hydrogen) atoms. The van der Waals surface area contributed by atoms with Crippen molar-refractivity contribution in [1.82, 2.24) is 5.32 Å². The minimum atomic E-state index is -0.510. The van der Waals surface area contributed by atoms with Gasteiger partial charge in [0.25, 0.3) is 0 Å².